The van der Waals surface area contributed by atoms with Crippen LogP contribution in [0, 0.1) is 5.92 Å². The van der Waals surface area contributed by atoms with Gasteiger partial charge in [-0.25, -0.2) is 4.98 Å². The molecule has 3 heteroatoms. The van der Waals surface area contributed by atoms with Crippen molar-refractivity contribution in [1.29, 1.82) is 0 Å². The molecule has 0 saturated heterocycles. The molecule has 2 saturated carbocycles. The van der Waals surface area contributed by atoms with Crippen molar-refractivity contribution in [2.24, 2.45) is 5.92 Å². The van der Waals surface area contributed by atoms with Gasteiger partial charge in [-0.1, -0.05) is 20.8 Å². The van der Waals surface area contributed by atoms with Crippen molar-refractivity contribution in [2.75, 3.05) is 11.4 Å². The summed E-state index contributed by atoms with van der Waals surface area (Å²) in [5.74, 6) is 1.89. The average Bonchev–Trinajstić information content (AvgIpc) is 3.35. The summed E-state index contributed by atoms with van der Waals surface area (Å²) >= 11 is 0. The Bertz CT molecular complexity index is 475. The van der Waals surface area contributed by atoms with E-state index in [0.29, 0.717) is 5.92 Å². The number of anilines is 1. The van der Waals surface area contributed by atoms with Crippen molar-refractivity contribution in [3.05, 3.63) is 23.4 Å². The van der Waals surface area contributed by atoms with Crippen molar-refractivity contribution in [3.8, 4) is 0 Å². The van der Waals surface area contributed by atoms with Gasteiger partial charge in [-0.2, -0.15) is 0 Å². The molecule has 0 aliphatic heterocycles. The van der Waals surface area contributed by atoms with Crippen LogP contribution in [0.25, 0.3) is 0 Å². The minimum atomic E-state index is 0.686. The Kier molecular flexibility index (Phi) is 4.48. The molecule has 0 amide bonds. The standard InChI is InChI=1S/C18H29N3/c1-4-15-9-14(11-19-16-5-6-16)10-18(20-15)21(12-13(2)3)17-7-8-17/h9-10,13,16-17,19H,4-8,11-12H2,1-3H3. The molecular weight excluding hydrogens is 258 g/mol. The summed E-state index contributed by atoms with van der Waals surface area (Å²) in [5.41, 5.74) is 2.63. The molecule has 1 N–H and O–H groups in total. The van der Waals surface area contributed by atoms with Crippen molar-refractivity contribution in [2.45, 2.75) is 71.5 Å². The molecule has 21 heavy (non-hydrogen) atoms. The quantitative estimate of drug-likeness (QED) is 0.793. The van der Waals surface area contributed by atoms with Crippen LogP contribution in [0.3, 0.4) is 0 Å². The topological polar surface area (TPSA) is 28.2 Å². The Balaban J connectivity index is 1.78. The second kappa shape index (κ2) is 6.35. The van der Waals surface area contributed by atoms with E-state index in [0.717, 1.165) is 31.6 Å². The number of hydrogen-bond acceptors (Lipinski definition) is 3. The Morgan fingerprint density at radius 2 is 2.00 bits per heavy atom. The second-order valence-corrected chi connectivity index (χ2v) is 7.11. The minimum absolute atomic E-state index is 0.686. The molecule has 0 bridgehead atoms. The van der Waals surface area contributed by atoms with E-state index in [9.17, 15) is 0 Å². The maximum atomic E-state index is 4.91. The first-order valence-corrected chi connectivity index (χ1v) is 8.65. The van der Waals surface area contributed by atoms with E-state index >= 15 is 0 Å². The summed E-state index contributed by atoms with van der Waals surface area (Å²) in [4.78, 5) is 7.45. The fraction of sp³-hybridized carbons (Fsp3) is 0.722. The molecule has 0 atom stereocenters. The number of aryl methyl sites for hydroxylation is 1. The van der Waals surface area contributed by atoms with E-state index in [1.807, 2.05) is 0 Å². The Morgan fingerprint density at radius 3 is 2.57 bits per heavy atom. The SMILES string of the molecule is CCc1cc(CNC2CC2)cc(N(CC(C)C)C2CC2)n1. The van der Waals surface area contributed by atoms with E-state index < -0.39 is 0 Å². The van der Waals surface area contributed by atoms with Crippen LogP contribution in [0.5, 0.6) is 0 Å². The number of aromatic nitrogens is 1. The second-order valence-electron chi connectivity index (χ2n) is 7.11. The molecule has 116 valence electrons. The molecule has 1 aromatic heterocycles. The molecule has 0 spiro atoms. The van der Waals surface area contributed by atoms with Crippen LogP contribution >= 0.6 is 0 Å². The summed E-state index contributed by atoms with van der Waals surface area (Å²) in [6, 6.07) is 6.09. The zero-order valence-electron chi connectivity index (χ0n) is 13.7. The maximum Gasteiger partial charge on any atom is 0.129 e. The highest BCUT2D eigenvalue weighted by Crippen LogP contribution is 2.32. The monoisotopic (exact) mass is 287 g/mol. The van der Waals surface area contributed by atoms with Gasteiger partial charge in [-0.05, 0) is 55.7 Å². The largest absolute Gasteiger partial charge is 0.353 e. The van der Waals surface area contributed by atoms with Crippen LogP contribution in [0.15, 0.2) is 12.1 Å². The molecule has 1 aromatic rings. The summed E-state index contributed by atoms with van der Waals surface area (Å²) in [5, 5.41) is 3.63. The van der Waals surface area contributed by atoms with Gasteiger partial charge in [0.1, 0.15) is 5.82 Å². The number of nitrogens with one attached hydrogen (secondary N) is 1. The normalized spacial score (nSPS) is 18.3. The number of hydrogen-bond donors (Lipinski definition) is 1. The van der Waals surface area contributed by atoms with E-state index in [-0.39, 0.29) is 0 Å². The van der Waals surface area contributed by atoms with Gasteiger partial charge in [0.25, 0.3) is 0 Å². The van der Waals surface area contributed by atoms with Gasteiger partial charge in [0.2, 0.25) is 0 Å². The highest BCUT2D eigenvalue weighted by Gasteiger charge is 2.30. The minimum Gasteiger partial charge on any atom is -0.353 e. The number of pyridine rings is 1. The molecule has 3 rings (SSSR count). The van der Waals surface area contributed by atoms with Gasteiger partial charge >= 0.3 is 0 Å². The lowest BCUT2D eigenvalue weighted by Crippen LogP contribution is -2.31. The number of nitrogens with zero attached hydrogens (tertiary/aromatic N) is 2. The smallest absolute Gasteiger partial charge is 0.129 e. The van der Waals surface area contributed by atoms with Crippen molar-refractivity contribution < 1.29 is 0 Å². The van der Waals surface area contributed by atoms with Crippen LogP contribution in [0.4, 0.5) is 5.82 Å². The summed E-state index contributed by atoms with van der Waals surface area (Å²) in [6.45, 7) is 8.92. The lowest BCUT2D eigenvalue weighted by atomic mass is 10.1. The third-order valence-corrected chi connectivity index (χ3v) is 4.30. The predicted octanol–water partition coefficient (Wildman–Crippen LogP) is 3.52. The fourth-order valence-corrected chi connectivity index (χ4v) is 2.82. The average molecular weight is 287 g/mol. The molecule has 3 nitrogen and oxygen atoms in total. The Hall–Kier alpha value is -1.09. The van der Waals surface area contributed by atoms with Crippen LogP contribution in [0.2, 0.25) is 0 Å². The Morgan fingerprint density at radius 1 is 1.24 bits per heavy atom. The summed E-state index contributed by atoms with van der Waals surface area (Å²) < 4.78 is 0. The van der Waals surface area contributed by atoms with Gasteiger partial charge < -0.3 is 10.2 Å². The third kappa shape index (κ3) is 4.19. The summed E-state index contributed by atoms with van der Waals surface area (Å²) in [6.07, 6.45) is 6.38. The molecule has 2 fully saturated rings. The zero-order chi connectivity index (χ0) is 14.8. The molecule has 0 unspecified atom stereocenters. The lowest BCUT2D eigenvalue weighted by molar-refractivity contribution is 0.601. The van der Waals surface area contributed by atoms with Crippen molar-refractivity contribution in [1.82, 2.24) is 10.3 Å². The number of rotatable bonds is 8. The third-order valence-electron chi connectivity index (χ3n) is 4.30. The lowest BCUT2D eigenvalue weighted by Gasteiger charge is -2.26. The van der Waals surface area contributed by atoms with E-state index in [1.165, 1.54) is 42.8 Å². The molecule has 0 aromatic carbocycles. The first kappa shape index (κ1) is 14.8. The molecule has 2 aliphatic carbocycles. The molecule has 1 heterocycles. The van der Waals surface area contributed by atoms with Gasteiger partial charge in [0.05, 0.1) is 0 Å². The van der Waals surface area contributed by atoms with Crippen molar-refractivity contribution in [3.63, 3.8) is 0 Å². The van der Waals surface area contributed by atoms with E-state index in [1.54, 1.807) is 0 Å². The highest BCUT2D eigenvalue weighted by molar-refractivity contribution is 5.45. The summed E-state index contributed by atoms with van der Waals surface area (Å²) in [7, 11) is 0. The fourth-order valence-electron chi connectivity index (χ4n) is 2.82. The van der Waals surface area contributed by atoms with E-state index in [4.69, 9.17) is 4.98 Å². The van der Waals surface area contributed by atoms with Gasteiger partial charge in [0, 0.05) is 30.9 Å². The van der Waals surface area contributed by atoms with Crippen LogP contribution < -0.4 is 10.2 Å². The van der Waals surface area contributed by atoms with Crippen molar-refractivity contribution >= 4 is 5.82 Å². The zero-order valence-corrected chi connectivity index (χ0v) is 13.7. The van der Waals surface area contributed by atoms with Gasteiger partial charge in [0.15, 0.2) is 0 Å². The van der Waals surface area contributed by atoms with Crippen LogP contribution in [-0.2, 0) is 13.0 Å². The molecule has 0 radical (unpaired) electrons. The maximum absolute atomic E-state index is 4.91. The molecular formula is C18H29N3. The van der Waals surface area contributed by atoms with E-state index in [2.05, 4.69) is 43.1 Å². The van der Waals surface area contributed by atoms with Gasteiger partial charge in [-0.15, -0.1) is 0 Å². The first-order valence-electron chi connectivity index (χ1n) is 8.65. The van der Waals surface area contributed by atoms with Gasteiger partial charge in [-0.3, -0.25) is 0 Å². The molecule has 2 aliphatic rings. The Labute approximate surface area is 129 Å². The first-order chi connectivity index (χ1) is 10.2. The highest BCUT2D eigenvalue weighted by atomic mass is 15.2. The van der Waals surface area contributed by atoms with Crippen LogP contribution in [-0.4, -0.2) is 23.6 Å². The van der Waals surface area contributed by atoms with Crippen LogP contribution in [0.1, 0.15) is 57.7 Å². The predicted molar refractivity (Wildman–Crippen MR) is 88.7 cm³/mol.